The molecule has 0 radical (unpaired) electrons. The number of para-hydroxylation sites is 1. The second-order valence-electron chi connectivity index (χ2n) is 6.95. The summed E-state index contributed by atoms with van der Waals surface area (Å²) in [5.41, 5.74) is 1.49. The van der Waals surface area contributed by atoms with Crippen LogP contribution in [-0.4, -0.2) is 4.57 Å². The molecule has 0 N–H and O–H groups in total. The highest BCUT2D eigenvalue weighted by Crippen LogP contribution is 2.29. The molecule has 0 amide bonds. The van der Waals surface area contributed by atoms with Gasteiger partial charge in [0, 0.05) is 10.3 Å². The van der Waals surface area contributed by atoms with E-state index >= 15 is 0 Å². The van der Waals surface area contributed by atoms with Crippen molar-refractivity contribution in [2.24, 2.45) is 0 Å². The molecular weight excluding hydrogens is 394 g/mol. The van der Waals surface area contributed by atoms with E-state index in [4.69, 9.17) is 4.42 Å². The van der Waals surface area contributed by atoms with Crippen molar-refractivity contribution in [3.05, 3.63) is 117 Å². The zero-order valence-corrected chi connectivity index (χ0v) is 16.8. The Bertz CT molecular complexity index is 1470. The lowest BCUT2D eigenvalue weighted by Crippen LogP contribution is -2.22. The summed E-state index contributed by atoms with van der Waals surface area (Å²) in [4.78, 5) is 27.4. The van der Waals surface area contributed by atoms with Gasteiger partial charge in [-0.15, -0.1) is 0 Å². The van der Waals surface area contributed by atoms with Crippen LogP contribution in [0.4, 0.5) is 0 Å². The molecule has 0 aliphatic rings. The van der Waals surface area contributed by atoms with Crippen LogP contribution in [0.2, 0.25) is 0 Å². The van der Waals surface area contributed by atoms with Crippen molar-refractivity contribution >= 4 is 33.6 Å². The Morgan fingerprint density at radius 3 is 2.20 bits per heavy atom. The number of nitrogens with zero attached hydrogens (tertiary/aromatic N) is 1. The predicted molar refractivity (Wildman–Crippen MR) is 120 cm³/mol. The van der Waals surface area contributed by atoms with Crippen LogP contribution < -0.4 is 11.2 Å². The predicted octanol–water partition coefficient (Wildman–Crippen LogP) is 5.31. The third-order valence-corrected chi connectivity index (χ3v) is 6.00. The smallest absolute Gasteiger partial charge is 0.350 e. The van der Waals surface area contributed by atoms with E-state index in [-0.39, 0.29) is 5.56 Å². The minimum Gasteiger partial charge on any atom is -0.421 e. The fraction of sp³-hybridized carbons (Fsp3) is 0.0400. The maximum absolute atomic E-state index is 13.5. The van der Waals surface area contributed by atoms with Crippen molar-refractivity contribution < 1.29 is 4.42 Å². The molecule has 3 aromatic carbocycles. The van der Waals surface area contributed by atoms with Crippen molar-refractivity contribution in [1.82, 2.24) is 4.57 Å². The van der Waals surface area contributed by atoms with Crippen LogP contribution in [0.3, 0.4) is 0 Å². The van der Waals surface area contributed by atoms with E-state index in [9.17, 15) is 9.59 Å². The number of aromatic nitrogens is 1. The first-order chi connectivity index (χ1) is 14.7. The number of hydrogen-bond donors (Lipinski definition) is 0. The average Bonchev–Trinajstić information content (AvgIpc) is 2.79. The summed E-state index contributed by atoms with van der Waals surface area (Å²) in [6.45, 7) is 0.441. The van der Waals surface area contributed by atoms with E-state index in [1.54, 1.807) is 10.6 Å². The van der Waals surface area contributed by atoms with Gasteiger partial charge in [0.15, 0.2) is 5.58 Å². The topological polar surface area (TPSA) is 52.2 Å². The minimum absolute atomic E-state index is 0.175. The van der Waals surface area contributed by atoms with Gasteiger partial charge in [-0.3, -0.25) is 4.79 Å². The van der Waals surface area contributed by atoms with Crippen molar-refractivity contribution in [2.45, 2.75) is 16.3 Å². The molecule has 0 unspecified atom stereocenters. The van der Waals surface area contributed by atoms with E-state index in [2.05, 4.69) is 0 Å². The SMILES string of the molecule is O=c1oc2c(cc1Sc1ccccc1)c(=O)n(Cc1ccccc1)c1ccccc21. The Hall–Kier alpha value is -3.57. The summed E-state index contributed by atoms with van der Waals surface area (Å²) in [6.07, 6.45) is 0. The number of fused-ring (bicyclic) bond motifs is 3. The quantitative estimate of drug-likeness (QED) is 0.376. The highest BCUT2D eigenvalue weighted by atomic mass is 32.2. The van der Waals surface area contributed by atoms with Crippen LogP contribution in [0.15, 0.2) is 115 Å². The monoisotopic (exact) mass is 411 g/mol. The van der Waals surface area contributed by atoms with E-state index < -0.39 is 5.63 Å². The van der Waals surface area contributed by atoms with Gasteiger partial charge in [0.25, 0.3) is 5.56 Å². The Labute approximate surface area is 176 Å². The van der Waals surface area contributed by atoms with E-state index in [1.807, 2.05) is 84.9 Å². The molecule has 2 heterocycles. The Kier molecular flexibility index (Phi) is 4.73. The van der Waals surface area contributed by atoms with Crippen LogP contribution in [-0.2, 0) is 6.54 Å². The van der Waals surface area contributed by atoms with Gasteiger partial charge in [0.2, 0.25) is 0 Å². The van der Waals surface area contributed by atoms with Crippen LogP contribution >= 0.6 is 11.8 Å². The molecule has 0 saturated carbocycles. The molecule has 0 spiro atoms. The summed E-state index contributed by atoms with van der Waals surface area (Å²) in [6, 6.07) is 28.6. The molecule has 0 aliphatic carbocycles. The Morgan fingerprint density at radius 1 is 0.767 bits per heavy atom. The molecule has 0 bridgehead atoms. The molecule has 5 aromatic rings. The van der Waals surface area contributed by atoms with E-state index in [0.29, 0.717) is 22.4 Å². The molecular formula is C25H17NO3S. The minimum atomic E-state index is -0.443. The average molecular weight is 411 g/mol. The van der Waals surface area contributed by atoms with Crippen LogP contribution in [0, 0.1) is 0 Å². The number of hydrogen-bond acceptors (Lipinski definition) is 4. The summed E-state index contributed by atoms with van der Waals surface area (Å²) in [5.74, 6) is 0. The third-order valence-electron chi connectivity index (χ3n) is 4.99. The zero-order valence-electron chi connectivity index (χ0n) is 15.9. The van der Waals surface area contributed by atoms with Gasteiger partial charge in [-0.05, 0) is 35.9 Å². The molecule has 2 aromatic heterocycles. The van der Waals surface area contributed by atoms with E-state index in [1.165, 1.54) is 11.8 Å². The van der Waals surface area contributed by atoms with Gasteiger partial charge in [-0.25, -0.2) is 4.79 Å². The maximum Gasteiger partial charge on any atom is 0.350 e. The second kappa shape index (κ2) is 7.69. The van der Waals surface area contributed by atoms with Crippen molar-refractivity contribution in [1.29, 1.82) is 0 Å². The lowest BCUT2D eigenvalue weighted by Gasteiger charge is -2.13. The second-order valence-corrected chi connectivity index (χ2v) is 8.07. The number of pyridine rings is 1. The van der Waals surface area contributed by atoms with Gasteiger partial charge in [0.05, 0.1) is 22.3 Å². The molecule has 5 rings (SSSR count). The fourth-order valence-corrected chi connectivity index (χ4v) is 4.43. The summed E-state index contributed by atoms with van der Waals surface area (Å²) in [5, 5.41) is 1.15. The van der Waals surface area contributed by atoms with Gasteiger partial charge in [0.1, 0.15) is 0 Å². The maximum atomic E-state index is 13.5. The normalized spacial score (nSPS) is 11.2. The zero-order chi connectivity index (χ0) is 20.5. The lowest BCUT2D eigenvalue weighted by molar-refractivity contribution is 0.545. The molecule has 4 nitrogen and oxygen atoms in total. The van der Waals surface area contributed by atoms with Crippen molar-refractivity contribution in [3.8, 4) is 0 Å². The molecule has 146 valence electrons. The molecule has 30 heavy (non-hydrogen) atoms. The molecule has 0 saturated heterocycles. The highest BCUT2D eigenvalue weighted by molar-refractivity contribution is 7.99. The first-order valence-corrected chi connectivity index (χ1v) is 10.4. The highest BCUT2D eigenvalue weighted by Gasteiger charge is 2.16. The lowest BCUT2D eigenvalue weighted by atomic mass is 10.1. The van der Waals surface area contributed by atoms with Crippen molar-refractivity contribution in [3.63, 3.8) is 0 Å². The Balaban J connectivity index is 1.75. The van der Waals surface area contributed by atoms with Crippen molar-refractivity contribution in [2.75, 3.05) is 0 Å². The molecule has 0 fully saturated rings. The summed E-state index contributed by atoms with van der Waals surface area (Å²) >= 11 is 1.30. The van der Waals surface area contributed by atoms with Crippen LogP contribution in [0.25, 0.3) is 21.9 Å². The molecule has 5 heteroatoms. The fourth-order valence-electron chi connectivity index (χ4n) is 3.58. The number of benzene rings is 3. The molecule has 0 atom stereocenters. The van der Waals surface area contributed by atoms with E-state index in [0.717, 1.165) is 21.4 Å². The molecule has 0 aliphatic heterocycles. The van der Waals surface area contributed by atoms with Gasteiger partial charge in [-0.2, -0.15) is 0 Å². The van der Waals surface area contributed by atoms with Gasteiger partial charge >= 0.3 is 5.63 Å². The van der Waals surface area contributed by atoms with Crippen LogP contribution in [0.5, 0.6) is 0 Å². The van der Waals surface area contributed by atoms with Crippen LogP contribution in [0.1, 0.15) is 5.56 Å². The van der Waals surface area contributed by atoms with Gasteiger partial charge < -0.3 is 8.98 Å². The Morgan fingerprint density at radius 2 is 1.43 bits per heavy atom. The third kappa shape index (κ3) is 3.33. The summed E-state index contributed by atoms with van der Waals surface area (Å²) < 4.78 is 7.41. The number of rotatable bonds is 4. The first kappa shape index (κ1) is 18.5. The first-order valence-electron chi connectivity index (χ1n) is 9.57. The largest absolute Gasteiger partial charge is 0.421 e. The summed E-state index contributed by atoms with van der Waals surface area (Å²) in [7, 11) is 0. The van der Waals surface area contributed by atoms with Gasteiger partial charge in [-0.1, -0.05) is 72.4 Å². The standard InChI is InChI=1S/C25H17NO3S/c27-24-20-15-22(30-18-11-5-2-6-12-18)25(28)29-23(20)19-13-7-8-14-21(19)26(24)16-17-9-3-1-4-10-17/h1-15H,16H2.